The third-order valence-electron chi connectivity index (χ3n) is 6.10. The van der Waals surface area contributed by atoms with E-state index in [1.165, 1.54) is 17.0 Å². The third-order valence-corrected chi connectivity index (χ3v) is 6.10. The highest BCUT2D eigenvalue weighted by Gasteiger charge is 2.31. The highest BCUT2D eigenvalue weighted by molar-refractivity contribution is 5.96. The van der Waals surface area contributed by atoms with Crippen molar-refractivity contribution in [3.05, 3.63) is 101 Å². The molecule has 5 N–H and O–H groups in total. The van der Waals surface area contributed by atoms with E-state index in [-0.39, 0.29) is 22.6 Å². The Morgan fingerprint density at radius 3 is 2.47 bits per heavy atom. The summed E-state index contributed by atoms with van der Waals surface area (Å²) >= 11 is 0. The van der Waals surface area contributed by atoms with E-state index < -0.39 is 23.3 Å². The predicted molar refractivity (Wildman–Crippen MR) is 141 cm³/mol. The van der Waals surface area contributed by atoms with Gasteiger partial charge in [0.2, 0.25) is 5.95 Å². The van der Waals surface area contributed by atoms with Gasteiger partial charge in [0.25, 0.3) is 5.56 Å². The van der Waals surface area contributed by atoms with Crippen LogP contribution in [0.25, 0.3) is 27.6 Å². The summed E-state index contributed by atoms with van der Waals surface area (Å²) in [4.78, 5) is 25.9. The van der Waals surface area contributed by atoms with Gasteiger partial charge >= 0.3 is 6.18 Å². The number of para-hydroxylation sites is 1. The Labute approximate surface area is 214 Å². The second-order valence-corrected chi connectivity index (χ2v) is 8.67. The minimum absolute atomic E-state index is 0.0344. The number of nitrogen functional groups attached to an aromatic ring is 2. The smallest absolute Gasteiger partial charge is 0.394 e. The van der Waals surface area contributed by atoms with Gasteiger partial charge in [-0.2, -0.15) is 18.2 Å². The van der Waals surface area contributed by atoms with Crippen LogP contribution in [0.4, 0.5) is 30.6 Å². The summed E-state index contributed by atoms with van der Waals surface area (Å²) in [5.41, 5.74) is 12.4. The molecule has 38 heavy (non-hydrogen) atoms. The molecule has 0 unspecified atom stereocenters. The van der Waals surface area contributed by atoms with Gasteiger partial charge in [0.1, 0.15) is 0 Å². The molecule has 11 heteroatoms. The normalized spacial score (nSPS) is 12.4. The van der Waals surface area contributed by atoms with Crippen molar-refractivity contribution < 1.29 is 13.2 Å². The molecular formula is C27H22F3N7O. The maximum absolute atomic E-state index is 14.1. The number of anilines is 3. The van der Waals surface area contributed by atoms with Crippen LogP contribution in [0.1, 0.15) is 24.2 Å². The lowest BCUT2D eigenvalue weighted by molar-refractivity contribution is -0.137. The second kappa shape index (κ2) is 9.51. The maximum Gasteiger partial charge on any atom is 0.417 e. The van der Waals surface area contributed by atoms with Crippen molar-refractivity contribution in [3.63, 3.8) is 0 Å². The van der Waals surface area contributed by atoms with E-state index in [0.717, 1.165) is 12.3 Å². The molecular weight excluding hydrogens is 495 g/mol. The number of rotatable bonds is 5. The lowest BCUT2D eigenvalue weighted by Crippen LogP contribution is -2.26. The van der Waals surface area contributed by atoms with Gasteiger partial charge in [0, 0.05) is 29.3 Å². The Bertz CT molecular complexity index is 1700. The summed E-state index contributed by atoms with van der Waals surface area (Å²) in [7, 11) is 0. The first-order chi connectivity index (χ1) is 18.1. The summed E-state index contributed by atoms with van der Waals surface area (Å²) in [6, 6.07) is 16.3. The molecule has 0 spiro atoms. The van der Waals surface area contributed by atoms with Crippen LogP contribution in [-0.2, 0) is 6.18 Å². The molecule has 2 aromatic carbocycles. The number of nitrogens with two attached hydrogens (primary N) is 2. The summed E-state index contributed by atoms with van der Waals surface area (Å²) in [5, 5.41) is 4.00. The van der Waals surface area contributed by atoms with Crippen LogP contribution in [0.5, 0.6) is 0 Å². The lowest BCUT2D eigenvalue weighted by atomic mass is 9.98. The van der Waals surface area contributed by atoms with Gasteiger partial charge in [-0.05, 0) is 42.1 Å². The van der Waals surface area contributed by atoms with Crippen LogP contribution in [-0.4, -0.2) is 19.5 Å². The van der Waals surface area contributed by atoms with Crippen molar-refractivity contribution in [2.24, 2.45) is 0 Å². The Morgan fingerprint density at radius 1 is 0.974 bits per heavy atom. The zero-order valence-corrected chi connectivity index (χ0v) is 20.1. The predicted octanol–water partition coefficient (Wildman–Crippen LogP) is 5.20. The van der Waals surface area contributed by atoms with Crippen molar-refractivity contribution >= 4 is 28.2 Å². The molecule has 0 aliphatic rings. The highest BCUT2D eigenvalue weighted by Crippen LogP contribution is 2.34. The molecule has 0 bridgehead atoms. The largest absolute Gasteiger partial charge is 0.417 e. The Balaban J connectivity index is 1.74. The third kappa shape index (κ3) is 4.61. The first-order valence-electron chi connectivity index (χ1n) is 11.5. The van der Waals surface area contributed by atoms with Crippen molar-refractivity contribution in [2.45, 2.75) is 19.1 Å². The van der Waals surface area contributed by atoms with E-state index in [1.807, 2.05) is 19.1 Å². The minimum atomic E-state index is -4.57. The molecule has 0 aliphatic heterocycles. The van der Waals surface area contributed by atoms with Crippen molar-refractivity contribution in [2.75, 3.05) is 16.8 Å². The molecule has 5 rings (SSSR count). The van der Waals surface area contributed by atoms with Gasteiger partial charge in [0.15, 0.2) is 5.82 Å². The molecule has 0 saturated carbocycles. The van der Waals surface area contributed by atoms with Gasteiger partial charge in [-0.1, -0.05) is 36.4 Å². The van der Waals surface area contributed by atoms with Crippen LogP contribution in [0, 0.1) is 0 Å². The standard InChI is InChI=1S/C27H22F3N7O/c1-15(35-24-21(31)14-34-26(32)36-24)22-11-16-6-5-9-20(17-10-18(13-33-12-17)27(28,29)30)23(16)25(38)37(22)19-7-3-2-4-8-19/h2-15H,31H2,1H3,(H3,32,34,35,36)/t15-/m0/s1. The first-order valence-corrected chi connectivity index (χ1v) is 11.5. The number of nitrogens with zero attached hydrogens (tertiary/aromatic N) is 4. The van der Waals surface area contributed by atoms with E-state index >= 15 is 0 Å². The van der Waals surface area contributed by atoms with Crippen LogP contribution in [0.3, 0.4) is 0 Å². The molecule has 3 heterocycles. The molecule has 5 aromatic rings. The summed E-state index contributed by atoms with van der Waals surface area (Å²) in [5.74, 6) is 0.341. The van der Waals surface area contributed by atoms with Gasteiger partial charge < -0.3 is 16.8 Å². The summed E-state index contributed by atoms with van der Waals surface area (Å²) < 4.78 is 41.7. The number of hydrogen-bond acceptors (Lipinski definition) is 7. The zero-order valence-electron chi connectivity index (χ0n) is 20.1. The molecule has 0 saturated heterocycles. The number of aromatic nitrogens is 4. The van der Waals surface area contributed by atoms with E-state index in [1.54, 1.807) is 42.5 Å². The van der Waals surface area contributed by atoms with Crippen molar-refractivity contribution in [1.82, 2.24) is 19.5 Å². The second-order valence-electron chi connectivity index (χ2n) is 8.67. The molecule has 0 amide bonds. The lowest BCUT2D eigenvalue weighted by Gasteiger charge is -2.22. The average molecular weight is 518 g/mol. The molecule has 1 atom stereocenters. The van der Waals surface area contributed by atoms with Gasteiger partial charge in [-0.3, -0.25) is 14.3 Å². The number of halogens is 3. The monoisotopic (exact) mass is 517 g/mol. The van der Waals surface area contributed by atoms with E-state index in [4.69, 9.17) is 11.5 Å². The molecule has 0 radical (unpaired) electrons. The van der Waals surface area contributed by atoms with Crippen LogP contribution >= 0.6 is 0 Å². The molecule has 192 valence electrons. The van der Waals surface area contributed by atoms with Gasteiger partial charge in [0.05, 0.1) is 28.9 Å². The fraction of sp³-hybridized carbons (Fsp3) is 0.111. The SMILES string of the molecule is C[C@H](Nc1nc(N)ncc1N)c1cc2cccc(-c3cncc(C(F)(F)F)c3)c2c(=O)n1-c1ccccc1. The average Bonchev–Trinajstić information content (AvgIpc) is 2.90. The Hall–Kier alpha value is -4.93. The summed E-state index contributed by atoms with van der Waals surface area (Å²) in [6.45, 7) is 1.83. The Kier molecular flexibility index (Phi) is 6.19. The number of hydrogen-bond donors (Lipinski definition) is 3. The summed E-state index contributed by atoms with van der Waals surface area (Å²) in [6.07, 6.45) is -1.11. The number of nitrogens with one attached hydrogen (secondary N) is 1. The van der Waals surface area contributed by atoms with E-state index in [0.29, 0.717) is 28.1 Å². The van der Waals surface area contributed by atoms with E-state index in [2.05, 4.69) is 20.3 Å². The number of alkyl halides is 3. The molecule has 0 fully saturated rings. The topological polar surface area (TPSA) is 125 Å². The number of pyridine rings is 2. The molecule has 8 nitrogen and oxygen atoms in total. The fourth-order valence-corrected chi connectivity index (χ4v) is 4.33. The van der Waals surface area contributed by atoms with Crippen LogP contribution < -0.4 is 22.3 Å². The Morgan fingerprint density at radius 2 is 1.74 bits per heavy atom. The number of fused-ring (bicyclic) bond motifs is 1. The first kappa shape index (κ1) is 24.8. The van der Waals surface area contributed by atoms with Crippen LogP contribution in [0.2, 0.25) is 0 Å². The fourth-order valence-electron chi connectivity index (χ4n) is 4.33. The van der Waals surface area contributed by atoms with Crippen LogP contribution in [0.15, 0.2) is 84.0 Å². The van der Waals surface area contributed by atoms with E-state index in [9.17, 15) is 18.0 Å². The van der Waals surface area contributed by atoms with Crippen molar-refractivity contribution in [3.8, 4) is 16.8 Å². The number of benzene rings is 2. The van der Waals surface area contributed by atoms with Gasteiger partial charge in [-0.25, -0.2) is 4.98 Å². The maximum atomic E-state index is 14.1. The highest BCUT2D eigenvalue weighted by atomic mass is 19.4. The minimum Gasteiger partial charge on any atom is -0.394 e. The zero-order chi connectivity index (χ0) is 27.0. The molecule has 0 aliphatic carbocycles. The van der Waals surface area contributed by atoms with Gasteiger partial charge in [-0.15, -0.1) is 0 Å². The van der Waals surface area contributed by atoms with Crippen molar-refractivity contribution in [1.29, 1.82) is 0 Å². The quantitative estimate of drug-likeness (QED) is 0.293. The molecule has 3 aromatic heterocycles.